The van der Waals surface area contributed by atoms with Crippen LogP contribution in [0.2, 0.25) is 10.0 Å². The molecule has 1 aromatic heterocycles. The van der Waals surface area contributed by atoms with Crippen molar-refractivity contribution in [2.24, 2.45) is 0 Å². The maximum Gasteiger partial charge on any atom is 0.322 e. The molecule has 8 nitrogen and oxygen atoms in total. The highest BCUT2D eigenvalue weighted by Gasteiger charge is 2.48. The van der Waals surface area contributed by atoms with E-state index in [0.29, 0.717) is 35.2 Å². The van der Waals surface area contributed by atoms with Crippen LogP contribution in [0.25, 0.3) is 0 Å². The first-order valence-electron chi connectivity index (χ1n) is 10.3. The summed E-state index contributed by atoms with van der Waals surface area (Å²) < 4.78 is 0. The van der Waals surface area contributed by atoms with Gasteiger partial charge in [-0.15, -0.1) is 0 Å². The van der Waals surface area contributed by atoms with Crippen LogP contribution in [-0.2, 0) is 15.1 Å². The van der Waals surface area contributed by atoms with Gasteiger partial charge in [-0.1, -0.05) is 29.3 Å². The molecule has 2 N–H and O–H groups in total. The van der Waals surface area contributed by atoms with Crippen molar-refractivity contribution in [2.45, 2.75) is 31.3 Å². The molecule has 2 aliphatic heterocycles. The average molecular weight is 476 g/mol. The maximum absolute atomic E-state index is 13.0. The van der Waals surface area contributed by atoms with Gasteiger partial charge in [0.1, 0.15) is 5.54 Å². The summed E-state index contributed by atoms with van der Waals surface area (Å²) in [6, 6.07) is 8.31. The maximum atomic E-state index is 13.0. The lowest BCUT2D eigenvalue weighted by atomic mass is 9.86. The topological polar surface area (TPSA) is 94.6 Å². The van der Waals surface area contributed by atoms with E-state index in [0.717, 1.165) is 5.69 Å². The van der Waals surface area contributed by atoms with Crippen molar-refractivity contribution in [3.63, 3.8) is 0 Å². The Morgan fingerprint density at radius 1 is 1.22 bits per heavy atom. The lowest BCUT2D eigenvalue weighted by Crippen LogP contribution is -2.54. The Morgan fingerprint density at radius 3 is 2.56 bits per heavy atom. The Balaban J connectivity index is 1.43. The zero-order valence-corrected chi connectivity index (χ0v) is 19.0. The van der Waals surface area contributed by atoms with Crippen LogP contribution in [0.4, 0.5) is 10.5 Å². The Labute approximate surface area is 195 Å². The summed E-state index contributed by atoms with van der Waals surface area (Å²) in [6.07, 6.45) is 3.38. The summed E-state index contributed by atoms with van der Waals surface area (Å²) in [5.74, 6) is -0.544. The minimum absolute atomic E-state index is 0.0593. The summed E-state index contributed by atoms with van der Waals surface area (Å²) in [5.41, 5.74) is 0.168. The van der Waals surface area contributed by atoms with Crippen LogP contribution in [0, 0.1) is 0 Å². The van der Waals surface area contributed by atoms with Crippen LogP contribution >= 0.6 is 23.2 Å². The highest BCUT2D eigenvalue weighted by molar-refractivity contribution is 6.35. The van der Waals surface area contributed by atoms with Crippen molar-refractivity contribution in [1.82, 2.24) is 20.5 Å². The summed E-state index contributed by atoms with van der Waals surface area (Å²) in [4.78, 5) is 45.5. The first kappa shape index (κ1) is 22.4. The Kier molecular flexibility index (Phi) is 6.26. The number of nitrogens with zero attached hydrogens (tertiary/aromatic N) is 3. The number of carbonyl (C=O) groups excluding carboxylic acids is 3. The molecule has 2 aliphatic rings. The molecule has 10 heteroatoms. The fourth-order valence-electron chi connectivity index (χ4n) is 4.36. The summed E-state index contributed by atoms with van der Waals surface area (Å²) in [7, 11) is 0. The van der Waals surface area contributed by atoms with Crippen LogP contribution in [0.15, 0.2) is 42.7 Å². The largest absolute Gasteiger partial charge is 0.365 e. The van der Waals surface area contributed by atoms with Crippen molar-refractivity contribution in [3.8, 4) is 0 Å². The normalized spacial score (nSPS) is 23.2. The predicted molar refractivity (Wildman–Crippen MR) is 122 cm³/mol. The number of hydrogen-bond acceptors (Lipinski definition) is 5. The van der Waals surface area contributed by atoms with Crippen LogP contribution in [-0.4, -0.2) is 53.4 Å². The van der Waals surface area contributed by atoms with Crippen LogP contribution < -0.4 is 15.5 Å². The second kappa shape index (κ2) is 8.96. The van der Waals surface area contributed by atoms with Crippen molar-refractivity contribution in [1.29, 1.82) is 0 Å². The van der Waals surface area contributed by atoms with E-state index in [2.05, 4.69) is 20.5 Å². The standard InChI is InChI=1S/C22H23Cl2N5O3/c1-14-13-28(7-8-29(14)18-10-16(23)9-17(24)11-18)19(30)4-5-22(15-3-2-6-25-12-15)20(31)26-21(32)27-22/h2-3,6,9-12,14H,4-5,7-8,13H2,1H3,(H2,26,27,31,32)/t14-,22?/m0/s1. The number of aromatic nitrogens is 1. The molecule has 1 aromatic carbocycles. The predicted octanol–water partition coefficient (Wildman–Crippen LogP) is 2.94. The van der Waals surface area contributed by atoms with Crippen LogP contribution in [0.1, 0.15) is 25.3 Å². The van der Waals surface area contributed by atoms with Gasteiger partial charge < -0.3 is 15.1 Å². The van der Waals surface area contributed by atoms with E-state index < -0.39 is 17.5 Å². The number of anilines is 1. The number of rotatable bonds is 5. The smallest absolute Gasteiger partial charge is 0.322 e. The molecule has 2 atom stereocenters. The minimum atomic E-state index is -1.30. The number of nitrogens with one attached hydrogen (secondary N) is 2. The lowest BCUT2D eigenvalue weighted by Gasteiger charge is -2.41. The Hall–Kier alpha value is -2.84. The van der Waals surface area contributed by atoms with Gasteiger partial charge in [0, 0.05) is 65.8 Å². The third-order valence-corrected chi connectivity index (χ3v) is 6.41. The molecule has 32 heavy (non-hydrogen) atoms. The molecular formula is C22H23Cl2N5O3. The van der Waals surface area contributed by atoms with Gasteiger partial charge in [-0.05, 0) is 37.6 Å². The number of carbonyl (C=O) groups is 3. The number of halogens is 2. The Bertz CT molecular complexity index is 1030. The number of imide groups is 1. The van der Waals surface area contributed by atoms with Crippen LogP contribution in [0.3, 0.4) is 0 Å². The molecule has 2 fully saturated rings. The van der Waals surface area contributed by atoms with E-state index in [-0.39, 0.29) is 24.8 Å². The van der Waals surface area contributed by atoms with E-state index in [1.807, 2.05) is 19.1 Å². The molecule has 1 unspecified atom stereocenters. The third-order valence-electron chi connectivity index (χ3n) is 5.97. The van der Waals surface area contributed by atoms with Gasteiger partial charge >= 0.3 is 6.03 Å². The summed E-state index contributed by atoms with van der Waals surface area (Å²) in [6.45, 7) is 3.73. The van der Waals surface area contributed by atoms with Crippen molar-refractivity contribution in [2.75, 3.05) is 24.5 Å². The van der Waals surface area contributed by atoms with Crippen molar-refractivity contribution in [3.05, 3.63) is 58.3 Å². The van der Waals surface area contributed by atoms with Gasteiger partial charge in [-0.3, -0.25) is 19.9 Å². The molecular weight excluding hydrogens is 453 g/mol. The van der Waals surface area contributed by atoms with Crippen LogP contribution in [0.5, 0.6) is 0 Å². The summed E-state index contributed by atoms with van der Waals surface area (Å²) in [5, 5.41) is 6.11. The van der Waals surface area contributed by atoms with Gasteiger partial charge in [-0.2, -0.15) is 0 Å². The highest BCUT2D eigenvalue weighted by Crippen LogP contribution is 2.31. The minimum Gasteiger partial charge on any atom is -0.365 e. The molecule has 2 saturated heterocycles. The third kappa shape index (κ3) is 4.38. The first-order valence-corrected chi connectivity index (χ1v) is 11.1. The molecule has 0 radical (unpaired) electrons. The number of piperazine rings is 1. The molecule has 2 aromatic rings. The number of benzene rings is 1. The molecule has 0 spiro atoms. The first-order chi connectivity index (χ1) is 15.3. The Morgan fingerprint density at radius 2 is 1.97 bits per heavy atom. The average Bonchev–Trinajstić information content (AvgIpc) is 3.05. The number of pyridine rings is 1. The quantitative estimate of drug-likeness (QED) is 0.648. The molecule has 0 aliphatic carbocycles. The zero-order chi connectivity index (χ0) is 22.9. The van der Waals surface area contributed by atoms with E-state index in [4.69, 9.17) is 23.2 Å². The zero-order valence-electron chi connectivity index (χ0n) is 17.5. The van der Waals surface area contributed by atoms with Gasteiger partial charge in [0.05, 0.1) is 0 Å². The fourth-order valence-corrected chi connectivity index (χ4v) is 4.87. The molecule has 4 amide bonds. The van der Waals surface area contributed by atoms with E-state index in [1.54, 1.807) is 29.3 Å². The fraction of sp³-hybridized carbons (Fsp3) is 0.364. The number of amides is 4. The van der Waals surface area contributed by atoms with Gasteiger partial charge in [-0.25, -0.2) is 4.79 Å². The molecule has 0 bridgehead atoms. The van der Waals surface area contributed by atoms with Gasteiger partial charge in [0.2, 0.25) is 5.91 Å². The van der Waals surface area contributed by atoms with Crippen molar-refractivity contribution < 1.29 is 14.4 Å². The lowest BCUT2D eigenvalue weighted by molar-refractivity contribution is -0.133. The van der Waals surface area contributed by atoms with Gasteiger partial charge in [0.15, 0.2) is 0 Å². The van der Waals surface area contributed by atoms with Crippen molar-refractivity contribution >= 4 is 46.7 Å². The molecule has 168 valence electrons. The highest BCUT2D eigenvalue weighted by atomic mass is 35.5. The van der Waals surface area contributed by atoms with E-state index >= 15 is 0 Å². The SMILES string of the molecule is C[C@H]1CN(C(=O)CCC2(c3cccnc3)NC(=O)NC2=O)CCN1c1cc(Cl)cc(Cl)c1. The van der Waals surface area contributed by atoms with Gasteiger partial charge in [0.25, 0.3) is 5.91 Å². The van der Waals surface area contributed by atoms with E-state index in [9.17, 15) is 14.4 Å². The van der Waals surface area contributed by atoms with E-state index in [1.165, 1.54) is 6.20 Å². The summed E-state index contributed by atoms with van der Waals surface area (Å²) >= 11 is 12.3. The molecule has 4 rings (SSSR count). The second-order valence-electron chi connectivity index (χ2n) is 8.07. The monoisotopic (exact) mass is 475 g/mol. The molecule has 0 saturated carbocycles. The molecule has 3 heterocycles. The number of urea groups is 1. The number of hydrogen-bond donors (Lipinski definition) is 2. The second-order valence-corrected chi connectivity index (χ2v) is 8.94.